The first-order valence-electron chi connectivity index (χ1n) is 12.4. The van der Waals surface area contributed by atoms with Crippen LogP contribution < -0.4 is 5.32 Å². The molecule has 5 nitrogen and oxygen atoms in total. The number of ketones is 1. The molecule has 4 aliphatic carbocycles. The number of fused-ring (bicyclic) bond motifs is 5. The molecule has 0 spiro atoms. The topological polar surface area (TPSA) is 86.6 Å². The Morgan fingerprint density at radius 3 is 2.54 bits per heavy atom. The predicted octanol–water partition coefficient (Wildman–Crippen LogP) is 3.60. The summed E-state index contributed by atoms with van der Waals surface area (Å²) in [7, 11) is 0. The summed E-state index contributed by atoms with van der Waals surface area (Å²) in [6, 6.07) is 9.32. The Hall–Kier alpha value is -2.38. The molecular weight excluding hydrogens is 452 g/mol. The third kappa shape index (κ3) is 3.03. The molecule has 35 heavy (non-hydrogen) atoms. The maximum Gasteiger partial charge on any atom is 0.253 e. The first-order chi connectivity index (χ1) is 16.4. The highest BCUT2D eigenvalue weighted by atomic mass is 19.1. The first-order valence-corrected chi connectivity index (χ1v) is 12.4. The average molecular weight is 486 g/mol. The van der Waals surface area contributed by atoms with Crippen LogP contribution in [0.1, 0.15) is 45.6 Å². The van der Waals surface area contributed by atoms with Gasteiger partial charge in [0.2, 0.25) is 0 Å². The van der Waals surface area contributed by atoms with Crippen LogP contribution in [0.25, 0.3) is 0 Å². The van der Waals surface area contributed by atoms with Gasteiger partial charge >= 0.3 is 0 Å². The molecule has 0 bridgehead atoms. The number of carbonyl (C=O) groups is 2. The van der Waals surface area contributed by atoms with Crippen LogP contribution in [-0.4, -0.2) is 45.4 Å². The van der Waals surface area contributed by atoms with Gasteiger partial charge in [0.05, 0.1) is 6.10 Å². The standard InChI is InChI=1S/C28H33F2NO4/c1-16-11-19-20-13-22(29)21-12-18(32)9-10-25(21,2)27(20,30)23(33)14-26(19,3)28(16,35)24(34)31-15-17-7-5-4-6-8-17/h4-10,12,16,19-20,22-23,33,35H,11,13-15H2,1-3H3,(H,31,34)/t16-,19?,20?,22+,23+,25?,26?,27+,28+/m1/s1. The summed E-state index contributed by atoms with van der Waals surface area (Å²) in [5.74, 6) is -2.92. The quantitative estimate of drug-likeness (QED) is 0.611. The molecule has 1 amide bonds. The summed E-state index contributed by atoms with van der Waals surface area (Å²) in [6.45, 7) is 5.27. The first kappa shape index (κ1) is 24.3. The second-order valence-electron chi connectivity index (χ2n) is 11.4. The molecule has 1 aromatic rings. The summed E-state index contributed by atoms with van der Waals surface area (Å²) >= 11 is 0. The van der Waals surface area contributed by atoms with Gasteiger partial charge in [0.1, 0.15) is 6.17 Å². The van der Waals surface area contributed by atoms with E-state index in [-0.39, 0.29) is 25.0 Å². The zero-order chi connectivity index (χ0) is 25.4. The van der Waals surface area contributed by atoms with Gasteiger partial charge in [-0.3, -0.25) is 9.59 Å². The number of alkyl halides is 2. The Morgan fingerprint density at radius 2 is 1.86 bits per heavy atom. The van der Waals surface area contributed by atoms with Gasteiger partial charge in [0, 0.05) is 23.3 Å². The van der Waals surface area contributed by atoms with Crippen molar-refractivity contribution in [1.82, 2.24) is 5.32 Å². The van der Waals surface area contributed by atoms with E-state index in [1.165, 1.54) is 12.2 Å². The lowest BCUT2D eigenvalue weighted by Gasteiger charge is -2.63. The molecule has 3 N–H and O–H groups in total. The molecule has 0 aliphatic heterocycles. The van der Waals surface area contributed by atoms with Crippen LogP contribution in [-0.2, 0) is 16.1 Å². The summed E-state index contributed by atoms with van der Waals surface area (Å²) < 4.78 is 32.7. The van der Waals surface area contributed by atoms with E-state index < -0.39 is 63.8 Å². The molecule has 4 aliphatic rings. The van der Waals surface area contributed by atoms with E-state index in [1.807, 2.05) is 30.3 Å². The van der Waals surface area contributed by atoms with E-state index in [9.17, 15) is 19.8 Å². The number of amides is 1. The third-order valence-electron chi connectivity index (χ3n) is 9.85. The molecule has 188 valence electrons. The molecule has 5 rings (SSSR count). The van der Waals surface area contributed by atoms with E-state index >= 15 is 8.78 Å². The molecule has 4 unspecified atom stereocenters. The van der Waals surface area contributed by atoms with Gasteiger partial charge in [-0.15, -0.1) is 0 Å². The summed E-state index contributed by atoms with van der Waals surface area (Å²) in [6.07, 6.45) is 0.681. The molecule has 0 heterocycles. The largest absolute Gasteiger partial charge is 0.390 e. The fraction of sp³-hybridized carbons (Fsp3) is 0.571. The Balaban J connectivity index is 1.51. The summed E-state index contributed by atoms with van der Waals surface area (Å²) in [4.78, 5) is 25.4. The minimum absolute atomic E-state index is 0.0633. The Kier molecular flexibility index (Phi) is 5.43. The van der Waals surface area contributed by atoms with Gasteiger partial charge in [-0.05, 0) is 61.3 Å². The Bertz CT molecular complexity index is 1120. The molecule has 0 saturated heterocycles. The number of carbonyl (C=O) groups excluding carboxylic acids is 2. The average Bonchev–Trinajstić information content (AvgIpc) is 3.03. The number of halogens is 2. The fourth-order valence-corrected chi connectivity index (χ4v) is 7.94. The maximum atomic E-state index is 17.2. The second-order valence-corrected chi connectivity index (χ2v) is 11.4. The van der Waals surface area contributed by atoms with Gasteiger partial charge < -0.3 is 15.5 Å². The number of hydrogen-bond donors (Lipinski definition) is 3. The number of nitrogens with one attached hydrogen (secondary N) is 1. The zero-order valence-electron chi connectivity index (χ0n) is 20.3. The van der Waals surface area contributed by atoms with Gasteiger partial charge in [0.15, 0.2) is 17.1 Å². The normalized spacial score (nSPS) is 46.3. The summed E-state index contributed by atoms with van der Waals surface area (Å²) in [5.41, 5.74) is -5.78. The maximum absolute atomic E-state index is 17.2. The smallest absolute Gasteiger partial charge is 0.253 e. The van der Waals surface area contributed by atoms with Crippen LogP contribution in [0.5, 0.6) is 0 Å². The van der Waals surface area contributed by atoms with Crippen LogP contribution in [0.15, 0.2) is 54.1 Å². The highest BCUT2D eigenvalue weighted by molar-refractivity contribution is 6.01. The molecule has 3 saturated carbocycles. The lowest BCUT2D eigenvalue weighted by atomic mass is 9.44. The van der Waals surface area contributed by atoms with Gasteiger partial charge in [-0.1, -0.05) is 50.3 Å². The zero-order valence-corrected chi connectivity index (χ0v) is 20.3. The number of allylic oxidation sites excluding steroid dienone is 4. The molecule has 7 heteroatoms. The number of aliphatic hydroxyl groups is 2. The van der Waals surface area contributed by atoms with Crippen LogP contribution >= 0.6 is 0 Å². The van der Waals surface area contributed by atoms with Crippen LogP contribution in [0.2, 0.25) is 0 Å². The number of benzene rings is 1. The number of rotatable bonds is 3. The van der Waals surface area contributed by atoms with Crippen molar-refractivity contribution in [3.05, 3.63) is 59.7 Å². The van der Waals surface area contributed by atoms with Crippen LogP contribution in [0.4, 0.5) is 8.78 Å². The van der Waals surface area contributed by atoms with Crippen molar-refractivity contribution in [1.29, 1.82) is 0 Å². The Labute approximate surface area is 204 Å². The van der Waals surface area contributed by atoms with Gasteiger partial charge in [-0.2, -0.15) is 0 Å². The molecule has 3 fully saturated rings. The van der Waals surface area contributed by atoms with E-state index in [0.717, 1.165) is 11.6 Å². The predicted molar refractivity (Wildman–Crippen MR) is 126 cm³/mol. The van der Waals surface area contributed by atoms with E-state index in [1.54, 1.807) is 20.8 Å². The van der Waals surface area contributed by atoms with Gasteiger partial charge in [-0.25, -0.2) is 8.78 Å². The van der Waals surface area contributed by atoms with Crippen molar-refractivity contribution >= 4 is 11.7 Å². The van der Waals surface area contributed by atoms with Crippen molar-refractivity contribution in [2.24, 2.45) is 28.6 Å². The van der Waals surface area contributed by atoms with Crippen molar-refractivity contribution in [3.8, 4) is 0 Å². The van der Waals surface area contributed by atoms with Crippen molar-refractivity contribution < 1.29 is 28.6 Å². The highest BCUT2D eigenvalue weighted by Gasteiger charge is 2.76. The second kappa shape index (κ2) is 7.81. The van der Waals surface area contributed by atoms with Crippen LogP contribution in [0, 0.1) is 28.6 Å². The fourth-order valence-electron chi connectivity index (χ4n) is 7.94. The highest BCUT2D eigenvalue weighted by Crippen LogP contribution is 2.70. The van der Waals surface area contributed by atoms with Gasteiger partial charge in [0.25, 0.3) is 5.91 Å². The molecular formula is C28H33F2NO4. The minimum atomic E-state index is -2.23. The number of hydrogen-bond acceptors (Lipinski definition) is 4. The van der Waals surface area contributed by atoms with E-state index in [2.05, 4.69) is 5.32 Å². The van der Waals surface area contributed by atoms with Crippen molar-refractivity contribution in [2.45, 2.75) is 70.1 Å². The molecule has 1 aromatic carbocycles. The monoisotopic (exact) mass is 485 g/mol. The Morgan fingerprint density at radius 1 is 1.17 bits per heavy atom. The minimum Gasteiger partial charge on any atom is -0.390 e. The summed E-state index contributed by atoms with van der Waals surface area (Å²) in [5, 5.41) is 26.1. The number of aliphatic hydroxyl groups excluding tert-OH is 1. The van der Waals surface area contributed by atoms with Crippen molar-refractivity contribution in [2.75, 3.05) is 0 Å². The SMILES string of the molecule is C[C@@H]1CC2C3C[C@H](F)C4=CC(=O)C=CC4(C)[C@@]3(F)[C@@H](O)CC2(C)[C@@]1(O)C(=O)NCc1ccccc1. The lowest BCUT2D eigenvalue weighted by Crippen LogP contribution is -2.71. The van der Waals surface area contributed by atoms with Crippen LogP contribution in [0.3, 0.4) is 0 Å². The molecule has 9 atom stereocenters. The molecule has 0 aromatic heterocycles. The van der Waals surface area contributed by atoms with Crippen molar-refractivity contribution in [3.63, 3.8) is 0 Å². The molecule has 0 radical (unpaired) electrons. The third-order valence-corrected chi connectivity index (χ3v) is 9.85. The van der Waals surface area contributed by atoms with E-state index in [4.69, 9.17) is 0 Å². The lowest BCUT2D eigenvalue weighted by molar-refractivity contribution is -0.224. The van der Waals surface area contributed by atoms with E-state index in [0.29, 0.717) is 6.42 Å².